The third-order valence-electron chi connectivity index (χ3n) is 6.99. The largest absolute Gasteiger partial charge is 0.399 e. The summed E-state index contributed by atoms with van der Waals surface area (Å²) in [6.45, 7) is 6.64. The van der Waals surface area contributed by atoms with Gasteiger partial charge in [-0.25, -0.2) is 0 Å². The molecular formula is C32H46N8O6. The quantitative estimate of drug-likeness (QED) is 0.0546. The smallest absolute Gasteiger partial charge is 0.251 e. The first kappa shape index (κ1) is 37.2. The number of anilines is 2. The maximum absolute atomic E-state index is 12.6. The molecule has 250 valence electrons. The number of imide groups is 1. The molecule has 2 aromatic rings. The minimum atomic E-state index is -0.404. The van der Waals surface area contributed by atoms with Crippen LogP contribution in [0.4, 0.5) is 11.4 Å². The molecular weight excluding hydrogens is 592 g/mol. The first-order valence-corrected chi connectivity index (χ1v) is 15.1. The van der Waals surface area contributed by atoms with E-state index in [4.69, 9.17) is 16.2 Å². The van der Waals surface area contributed by atoms with Gasteiger partial charge in [0.2, 0.25) is 24.6 Å². The molecule has 0 spiro atoms. The molecule has 2 rings (SSSR count). The highest BCUT2D eigenvalue weighted by atomic mass is 16.5. The number of nitrogens with zero attached hydrogens (tertiary/aromatic N) is 1. The lowest BCUT2D eigenvalue weighted by Gasteiger charge is -2.27. The molecule has 0 bridgehead atoms. The van der Waals surface area contributed by atoms with Crippen LogP contribution in [0.15, 0.2) is 54.4 Å². The zero-order valence-corrected chi connectivity index (χ0v) is 26.5. The Balaban J connectivity index is 1.62. The zero-order valence-electron chi connectivity index (χ0n) is 26.5. The van der Waals surface area contributed by atoms with Gasteiger partial charge in [-0.1, -0.05) is 12.1 Å². The van der Waals surface area contributed by atoms with E-state index in [1.165, 1.54) is 0 Å². The maximum atomic E-state index is 12.6. The summed E-state index contributed by atoms with van der Waals surface area (Å²) in [5, 5.41) is 14.0. The number of aryl methyl sites for hydroxylation is 1. The van der Waals surface area contributed by atoms with Gasteiger partial charge in [-0.05, 0) is 61.7 Å². The highest BCUT2D eigenvalue weighted by Gasteiger charge is 2.18. The number of nitrogens with one attached hydrogen (secondary N) is 5. The van der Waals surface area contributed by atoms with Crippen molar-refractivity contribution < 1.29 is 28.7 Å². The van der Waals surface area contributed by atoms with Gasteiger partial charge >= 0.3 is 0 Å². The van der Waals surface area contributed by atoms with Crippen molar-refractivity contribution in [2.24, 2.45) is 5.73 Å². The summed E-state index contributed by atoms with van der Waals surface area (Å²) in [7, 11) is 0. The van der Waals surface area contributed by atoms with E-state index in [0.29, 0.717) is 68.3 Å². The van der Waals surface area contributed by atoms with E-state index in [9.17, 15) is 24.0 Å². The predicted molar refractivity (Wildman–Crippen MR) is 176 cm³/mol. The minimum Gasteiger partial charge on any atom is -0.399 e. The molecule has 46 heavy (non-hydrogen) atoms. The van der Waals surface area contributed by atoms with Crippen LogP contribution in [0, 0.1) is 6.92 Å². The number of ether oxygens (including phenoxy) is 1. The van der Waals surface area contributed by atoms with Gasteiger partial charge in [-0.2, -0.15) is 0 Å². The number of nitrogen functional groups attached to an aromatic ring is 1. The topological polar surface area (TPSA) is 210 Å². The van der Waals surface area contributed by atoms with E-state index in [1.54, 1.807) is 41.4 Å². The van der Waals surface area contributed by atoms with Crippen LogP contribution in [0.1, 0.15) is 47.7 Å². The van der Waals surface area contributed by atoms with Gasteiger partial charge in [0.15, 0.2) is 0 Å². The fraction of sp³-hybridized carbons (Fsp3) is 0.406. The van der Waals surface area contributed by atoms with Crippen LogP contribution >= 0.6 is 0 Å². The molecule has 2 aromatic carbocycles. The molecule has 0 aliphatic heterocycles. The monoisotopic (exact) mass is 638 g/mol. The van der Waals surface area contributed by atoms with E-state index in [0.717, 1.165) is 17.5 Å². The summed E-state index contributed by atoms with van der Waals surface area (Å²) in [6, 6.07) is 11.9. The molecule has 0 saturated heterocycles. The molecule has 1 unspecified atom stereocenters. The van der Waals surface area contributed by atoms with E-state index >= 15 is 0 Å². The van der Waals surface area contributed by atoms with Crippen LogP contribution in [-0.2, 0) is 30.5 Å². The molecule has 5 amide bonds. The van der Waals surface area contributed by atoms with Gasteiger partial charge in [-0.3, -0.25) is 29.3 Å². The van der Waals surface area contributed by atoms with Crippen LogP contribution in [-0.4, -0.2) is 80.9 Å². The first-order valence-electron chi connectivity index (χ1n) is 15.1. The van der Waals surface area contributed by atoms with Crippen LogP contribution in [0.25, 0.3) is 0 Å². The Kier molecular flexibility index (Phi) is 16.9. The number of nitrogens with two attached hydrogens (primary N) is 2. The molecule has 14 heteroatoms. The average Bonchev–Trinajstić information content (AvgIpc) is 3.03. The van der Waals surface area contributed by atoms with Crippen molar-refractivity contribution in [2.45, 2.75) is 45.7 Å². The van der Waals surface area contributed by atoms with Crippen LogP contribution in [0.3, 0.4) is 0 Å². The number of amides is 5. The third-order valence-corrected chi connectivity index (χ3v) is 6.99. The Labute approximate surface area is 269 Å². The molecule has 9 N–H and O–H groups in total. The zero-order chi connectivity index (χ0) is 33.7. The SMILES string of the molecule is Cc1cccc(NC(=O)CCNCCOCCN/C=C(\N)CNC(=O)c2ccc(N)cc2)c1CN(C=O)C(C)CCC(=O)NC=O. The second-order valence-electron chi connectivity index (χ2n) is 10.6. The van der Waals surface area contributed by atoms with Crippen molar-refractivity contribution in [1.82, 2.24) is 26.2 Å². The average molecular weight is 639 g/mol. The number of benzene rings is 2. The fourth-order valence-corrected chi connectivity index (χ4v) is 4.24. The van der Waals surface area contributed by atoms with Gasteiger partial charge in [0.05, 0.1) is 19.8 Å². The summed E-state index contributed by atoms with van der Waals surface area (Å²) < 4.78 is 5.58. The van der Waals surface area contributed by atoms with Crippen molar-refractivity contribution in [3.05, 3.63) is 71.1 Å². The van der Waals surface area contributed by atoms with Crippen molar-refractivity contribution >= 4 is 41.9 Å². The second-order valence-corrected chi connectivity index (χ2v) is 10.6. The van der Waals surface area contributed by atoms with Crippen LogP contribution < -0.4 is 38.1 Å². The Bertz CT molecular complexity index is 1320. The molecule has 0 aromatic heterocycles. The summed E-state index contributed by atoms with van der Waals surface area (Å²) in [5.41, 5.74) is 15.4. The second kappa shape index (κ2) is 20.9. The van der Waals surface area contributed by atoms with Crippen molar-refractivity contribution in [3.8, 4) is 0 Å². The molecule has 0 aliphatic rings. The lowest BCUT2D eigenvalue weighted by Crippen LogP contribution is -2.33. The Morgan fingerprint density at radius 1 is 0.978 bits per heavy atom. The molecule has 14 nitrogen and oxygen atoms in total. The van der Waals surface area contributed by atoms with E-state index in [2.05, 4.69) is 26.6 Å². The summed E-state index contributed by atoms with van der Waals surface area (Å²) >= 11 is 0. The van der Waals surface area contributed by atoms with Crippen molar-refractivity contribution in [2.75, 3.05) is 50.4 Å². The highest BCUT2D eigenvalue weighted by molar-refractivity contribution is 5.94. The Morgan fingerprint density at radius 2 is 1.72 bits per heavy atom. The number of hydrogen-bond donors (Lipinski definition) is 7. The van der Waals surface area contributed by atoms with E-state index in [-0.39, 0.29) is 43.8 Å². The summed E-state index contributed by atoms with van der Waals surface area (Å²) in [6.07, 6.45) is 3.42. The first-order chi connectivity index (χ1) is 22.1. The van der Waals surface area contributed by atoms with Crippen molar-refractivity contribution in [3.63, 3.8) is 0 Å². The molecule has 0 fully saturated rings. The van der Waals surface area contributed by atoms with E-state index in [1.807, 2.05) is 26.0 Å². The number of carbonyl (C=O) groups is 5. The number of rotatable bonds is 22. The maximum Gasteiger partial charge on any atom is 0.251 e. The van der Waals surface area contributed by atoms with Gasteiger partial charge in [0.25, 0.3) is 5.91 Å². The summed E-state index contributed by atoms with van der Waals surface area (Å²) in [5.74, 6) is -0.817. The molecule has 0 heterocycles. The molecule has 0 aliphatic carbocycles. The highest BCUT2D eigenvalue weighted by Crippen LogP contribution is 2.23. The third kappa shape index (κ3) is 14.2. The normalized spacial score (nSPS) is 11.7. The fourth-order valence-electron chi connectivity index (χ4n) is 4.24. The van der Waals surface area contributed by atoms with Gasteiger partial charge in [0.1, 0.15) is 0 Å². The van der Waals surface area contributed by atoms with E-state index < -0.39 is 5.91 Å². The summed E-state index contributed by atoms with van der Waals surface area (Å²) in [4.78, 5) is 60.2. The Morgan fingerprint density at radius 3 is 2.43 bits per heavy atom. The minimum absolute atomic E-state index is 0.109. The Hall–Kier alpha value is -4.95. The standard InChI is InChI=1S/C32H46N8O6/c1-23-4-3-5-29(28(23)20-40(22-42)24(2)6-11-30(43)38-21-41)39-31(44)12-13-35-14-16-46-17-15-36-18-27(34)19-37-32(45)25-7-9-26(33)10-8-25/h3-5,7-10,18,21-22,24,35-36H,6,11-17,19-20,33-34H2,1-2H3,(H,37,45)(H,39,44)(H,38,41,43)/b27-18-. The lowest BCUT2D eigenvalue weighted by atomic mass is 10.0. The van der Waals surface area contributed by atoms with Crippen LogP contribution in [0.5, 0.6) is 0 Å². The van der Waals surface area contributed by atoms with Crippen LogP contribution in [0.2, 0.25) is 0 Å². The molecule has 1 atom stereocenters. The predicted octanol–water partition coefficient (Wildman–Crippen LogP) is 0.731. The number of carbonyl (C=O) groups excluding carboxylic acids is 5. The lowest BCUT2D eigenvalue weighted by molar-refractivity contribution is -0.127. The number of hydrogen-bond acceptors (Lipinski definition) is 10. The molecule has 0 radical (unpaired) electrons. The van der Waals surface area contributed by atoms with Gasteiger partial charge in [-0.15, -0.1) is 0 Å². The van der Waals surface area contributed by atoms with Crippen molar-refractivity contribution in [1.29, 1.82) is 0 Å². The van der Waals surface area contributed by atoms with Gasteiger partial charge in [0, 0.05) is 73.9 Å². The van der Waals surface area contributed by atoms with Gasteiger partial charge < -0.3 is 42.4 Å². The molecule has 0 saturated carbocycles.